The Morgan fingerprint density at radius 1 is 1.12 bits per heavy atom. The van der Waals surface area contributed by atoms with Crippen LogP contribution >= 0.6 is 22.9 Å². The minimum absolute atomic E-state index is 0.0511. The third-order valence-electron chi connectivity index (χ3n) is 7.49. The molecule has 1 fully saturated rings. The van der Waals surface area contributed by atoms with Crippen LogP contribution in [0.1, 0.15) is 69.1 Å². The fourth-order valence-electron chi connectivity index (χ4n) is 5.11. The zero-order chi connectivity index (χ0) is 30.5. The number of thiazole rings is 1. The number of unbranched alkanes of at least 4 members (excludes halogenated alkanes) is 1. The van der Waals surface area contributed by atoms with E-state index in [0.717, 1.165) is 10.3 Å². The quantitative estimate of drug-likeness (QED) is 0.142. The highest BCUT2D eigenvalue weighted by Gasteiger charge is 2.59. The number of ether oxygens (including phenoxy) is 1. The molecule has 7 nitrogen and oxygen atoms in total. The molecule has 1 aromatic heterocycles. The minimum atomic E-state index is -4.54. The highest BCUT2D eigenvalue weighted by molar-refractivity contribution is 7.22. The second-order valence-electron chi connectivity index (χ2n) is 10.4. The number of nitrogens with zero attached hydrogens (tertiary/aromatic N) is 2. The second kappa shape index (κ2) is 13.4. The predicted molar refractivity (Wildman–Crippen MR) is 157 cm³/mol. The van der Waals surface area contributed by atoms with Crippen LogP contribution in [-0.4, -0.2) is 42.1 Å². The summed E-state index contributed by atoms with van der Waals surface area (Å²) < 4.78 is 50.1. The summed E-state index contributed by atoms with van der Waals surface area (Å²) in [6, 6.07) is 10.1. The number of hydrogen-bond donors (Lipinski definition) is 1. The second-order valence-corrected chi connectivity index (χ2v) is 11.8. The number of hydrogen-bond acceptors (Lipinski definition) is 7. The van der Waals surface area contributed by atoms with E-state index < -0.39 is 23.5 Å². The molecule has 12 heteroatoms. The molecule has 1 aliphatic rings. The van der Waals surface area contributed by atoms with Gasteiger partial charge in [0.2, 0.25) is 5.91 Å². The molecule has 0 bridgehead atoms. The Morgan fingerprint density at radius 3 is 2.62 bits per heavy atom. The van der Waals surface area contributed by atoms with Crippen molar-refractivity contribution in [3.63, 3.8) is 0 Å². The highest BCUT2D eigenvalue weighted by atomic mass is 35.5. The molecular formula is C30H33ClF3N3O4S. The van der Waals surface area contributed by atoms with Crippen LogP contribution in [0.3, 0.4) is 0 Å². The Labute approximate surface area is 251 Å². The molecule has 226 valence electrons. The summed E-state index contributed by atoms with van der Waals surface area (Å²) >= 11 is 7.66. The lowest BCUT2D eigenvalue weighted by Crippen LogP contribution is -2.45. The van der Waals surface area contributed by atoms with Crippen LogP contribution in [0.5, 0.6) is 0 Å². The lowest BCUT2D eigenvalue weighted by atomic mass is 9.78. The van der Waals surface area contributed by atoms with Crippen molar-refractivity contribution in [2.75, 3.05) is 18.0 Å². The summed E-state index contributed by atoms with van der Waals surface area (Å²) in [5.41, 5.74) is 0.167. The van der Waals surface area contributed by atoms with Crippen LogP contribution in [0, 0.1) is 0 Å². The Bertz CT molecular complexity index is 1460. The molecule has 1 N–H and O–H groups in total. The fourth-order valence-corrected chi connectivity index (χ4v) is 6.47. The number of alkyl halides is 3. The van der Waals surface area contributed by atoms with Crippen molar-refractivity contribution in [3.8, 4) is 0 Å². The van der Waals surface area contributed by atoms with Gasteiger partial charge in [-0.1, -0.05) is 55.0 Å². The summed E-state index contributed by atoms with van der Waals surface area (Å²) in [4.78, 5) is 41.1. The molecule has 0 saturated carbocycles. The van der Waals surface area contributed by atoms with Crippen LogP contribution in [-0.2, 0) is 37.5 Å². The van der Waals surface area contributed by atoms with E-state index in [1.165, 1.54) is 17.4 Å². The van der Waals surface area contributed by atoms with E-state index >= 15 is 0 Å². The van der Waals surface area contributed by atoms with Crippen molar-refractivity contribution < 1.29 is 32.3 Å². The molecule has 4 rings (SSSR count). The van der Waals surface area contributed by atoms with Crippen LogP contribution < -0.4 is 10.2 Å². The van der Waals surface area contributed by atoms with Gasteiger partial charge < -0.3 is 15.0 Å². The number of nitrogens with one attached hydrogen (secondary N) is 1. The van der Waals surface area contributed by atoms with Crippen LogP contribution in [0.25, 0.3) is 10.2 Å². The van der Waals surface area contributed by atoms with Crippen LogP contribution in [0.15, 0.2) is 36.4 Å². The number of carbonyl (C=O) groups is 3. The van der Waals surface area contributed by atoms with Gasteiger partial charge in [-0.3, -0.25) is 14.4 Å². The van der Waals surface area contributed by atoms with Crippen molar-refractivity contribution in [1.29, 1.82) is 0 Å². The maximum atomic E-state index is 14.9. The molecule has 1 atom stereocenters. The number of benzene rings is 2. The number of halogens is 4. The van der Waals surface area contributed by atoms with Crippen LogP contribution in [0.2, 0.25) is 5.02 Å². The van der Waals surface area contributed by atoms with Crippen molar-refractivity contribution in [1.82, 2.24) is 10.3 Å². The zero-order valence-corrected chi connectivity index (χ0v) is 25.1. The standard InChI is InChI=1S/C30H33ClF3N3O4S/c1-3-24(38)35-17-20-9-7-10-23-27(20)42-28(36-23)37-13-12-29(18-37,30(32,33)34)21-14-19(15-22(31)16-21)8-5-6-11-26(40)41-25(39)4-2/h7,9-10,14-16H,3-6,8,11-13,17-18H2,1-2H3,(H,35,38). The number of amides is 1. The zero-order valence-electron chi connectivity index (χ0n) is 23.5. The van der Waals surface area contributed by atoms with E-state index in [0.29, 0.717) is 48.4 Å². The Balaban J connectivity index is 1.52. The monoisotopic (exact) mass is 623 g/mol. The number of rotatable bonds is 11. The molecule has 1 saturated heterocycles. The van der Waals surface area contributed by atoms with Gasteiger partial charge in [0.05, 0.1) is 10.2 Å². The van der Waals surface area contributed by atoms with Gasteiger partial charge in [0.15, 0.2) is 5.13 Å². The van der Waals surface area contributed by atoms with Crippen molar-refractivity contribution in [2.24, 2.45) is 0 Å². The van der Waals surface area contributed by atoms with Gasteiger partial charge in [-0.05, 0) is 60.6 Å². The maximum Gasteiger partial charge on any atom is 0.400 e. The van der Waals surface area contributed by atoms with Gasteiger partial charge in [0, 0.05) is 43.9 Å². The van der Waals surface area contributed by atoms with E-state index in [-0.39, 0.29) is 48.8 Å². The smallest absolute Gasteiger partial charge is 0.393 e. The van der Waals surface area contributed by atoms with E-state index in [4.69, 9.17) is 11.6 Å². The number of aromatic nitrogens is 1. The van der Waals surface area contributed by atoms with Crippen LogP contribution in [0.4, 0.5) is 18.3 Å². The molecule has 2 heterocycles. The molecule has 1 amide bonds. The normalized spacial score (nSPS) is 17.0. The third kappa shape index (κ3) is 7.23. The first-order valence-electron chi connectivity index (χ1n) is 14.0. The molecular weight excluding hydrogens is 591 g/mol. The SMILES string of the molecule is CCC(=O)NCc1cccc2nc(N3CCC(c4cc(Cl)cc(CCCCC(=O)OC(=O)CC)c4)(C(F)(F)F)C3)sc12. The summed E-state index contributed by atoms with van der Waals surface area (Å²) in [6.45, 7) is 3.55. The molecule has 2 aromatic carbocycles. The lowest BCUT2D eigenvalue weighted by Gasteiger charge is -2.33. The molecule has 0 aliphatic carbocycles. The van der Waals surface area contributed by atoms with Gasteiger partial charge in [-0.2, -0.15) is 13.2 Å². The summed E-state index contributed by atoms with van der Waals surface area (Å²) in [7, 11) is 0. The number of carbonyl (C=O) groups excluding carboxylic acids is 3. The summed E-state index contributed by atoms with van der Waals surface area (Å²) in [6.07, 6.45) is -2.80. The number of aryl methyl sites for hydroxylation is 1. The van der Waals surface area contributed by atoms with Gasteiger partial charge in [0.25, 0.3) is 0 Å². The van der Waals surface area contributed by atoms with Gasteiger partial charge in [-0.25, -0.2) is 4.98 Å². The predicted octanol–water partition coefficient (Wildman–Crippen LogP) is 6.88. The molecule has 0 radical (unpaired) electrons. The highest BCUT2D eigenvalue weighted by Crippen LogP contribution is 2.50. The Morgan fingerprint density at radius 2 is 1.90 bits per heavy atom. The van der Waals surface area contributed by atoms with E-state index in [2.05, 4.69) is 15.0 Å². The average Bonchev–Trinajstić information content (AvgIpc) is 3.59. The summed E-state index contributed by atoms with van der Waals surface area (Å²) in [5.74, 6) is -1.28. The first-order chi connectivity index (χ1) is 20.0. The maximum absolute atomic E-state index is 14.9. The van der Waals surface area contributed by atoms with Gasteiger partial charge in [0.1, 0.15) is 5.41 Å². The molecule has 1 aliphatic heterocycles. The lowest BCUT2D eigenvalue weighted by molar-refractivity contribution is -0.184. The van der Waals surface area contributed by atoms with Gasteiger partial charge >= 0.3 is 18.1 Å². The van der Waals surface area contributed by atoms with Gasteiger partial charge in [-0.15, -0.1) is 0 Å². The van der Waals surface area contributed by atoms with E-state index in [9.17, 15) is 27.6 Å². The molecule has 3 aromatic rings. The van der Waals surface area contributed by atoms with E-state index in [1.54, 1.807) is 30.9 Å². The topological polar surface area (TPSA) is 88.6 Å². The summed E-state index contributed by atoms with van der Waals surface area (Å²) in [5, 5.41) is 3.57. The van der Waals surface area contributed by atoms with Crippen molar-refractivity contribution in [2.45, 2.75) is 76.9 Å². The number of esters is 2. The minimum Gasteiger partial charge on any atom is -0.393 e. The largest absolute Gasteiger partial charge is 0.400 e. The Hall–Kier alpha value is -3.18. The number of fused-ring (bicyclic) bond motifs is 1. The number of anilines is 1. The molecule has 42 heavy (non-hydrogen) atoms. The van der Waals surface area contributed by atoms with Crippen molar-refractivity contribution >= 4 is 56.1 Å². The first kappa shape index (κ1) is 31.7. The first-order valence-corrected chi connectivity index (χ1v) is 15.2. The van der Waals surface area contributed by atoms with E-state index in [1.807, 2.05) is 18.2 Å². The third-order valence-corrected chi connectivity index (χ3v) is 8.91. The molecule has 0 spiro atoms. The average molecular weight is 624 g/mol. The Kier molecular flexibility index (Phi) is 10.1. The molecule has 1 unspecified atom stereocenters. The fraction of sp³-hybridized carbons (Fsp3) is 0.467. The van der Waals surface area contributed by atoms with Crippen molar-refractivity contribution in [3.05, 3.63) is 58.1 Å².